The van der Waals surface area contributed by atoms with E-state index in [1.54, 1.807) is 18.4 Å². The monoisotopic (exact) mass is 542 g/mol. The van der Waals surface area contributed by atoms with Crippen molar-refractivity contribution >= 4 is 27.9 Å². The highest BCUT2D eigenvalue weighted by molar-refractivity contribution is 9.10. The average Bonchev–Trinajstić information content (AvgIpc) is 3.29. The molecule has 2 aliphatic carbocycles. The minimum atomic E-state index is -0.442. The van der Waals surface area contributed by atoms with Crippen LogP contribution in [0.3, 0.4) is 0 Å². The molecule has 0 amide bonds. The van der Waals surface area contributed by atoms with Crippen molar-refractivity contribution in [3.8, 4) is 0 Å². The van der Waals surface area contributed by atoms with Crippen LogP contribution in [-0.4, -0.2) is 19.0 Å². The Kier molecular flexibility index (Phi) is 7.60. The summed E-state index contributed by atoms with van der Waals surface area (Å²) < 4.78 is 17.4. The fourth-order valence-electron chi connectivity index (χ4n) is 6.78. The Hall–Kier alpha value is -2.34. The molecule has 188 valence electrons. The van der Waals surface area contributed by atoms with Gasteiger partial charge in [-0.2, -0.15) is 0 Å². The number of furan rings is 1. The predicted molar refractivity (Wildman–Crippen MR) is 138 cm³/mol. The first-order valence-corrected chi connectivity index (χ1v) is 13.2. The first-order chi connectivity index (χ1) is 16.7. The van der Waals surface area contributed by atoms with Crippen LogP contribution in [0.1, 0.15) is 74.1 Å². The largest absolute Gasteiger partial charge is 0.469 e. The van der Waals surface area contributed by atoms with Crippen molar-refractivity contribution in [1.82, 2.24) is 0 Å². The lowest BCUT2D eigenvalue weighted by atomic mass is 9.46. The second-order valence-electron chi connectivity index (χ2n) is 10.6. The number of methoxy groups -OCH3 is 1. The molecule has 0 aliphatic heterocycles. The molecule has 35 heavy (non-hydrogen) atoms. The first-order valence-electron chi connectivity index (χ1n) is 12.4. The molecule has 2 aliphatic rings. The van der Waals surface area contributed by atoms with Gasteiger partial charge in [-0.3, -0.25) is 4.79 Å². The molecule has 0 spiro atoms. The van der Waals surface area contributed by atoms with E-state index in [0.29, 0.717) is 17.2 Å². The minimum Gasteiger partial charge on any atom is -0.469 e. The van der Waals surface area contributed by atoms with Gasteiger partial charge in [-0.25, -0.2) is 4.79 Å². The number of hydrogen-bond acceptors (Lipinski definition) is 5. The fourth-order valence-corrected chi connectivity index (χ4v) is 7.04. The number of ether oxygens (including phenoxy) is 2. The molecule has 6 heteroatoms. The minimum absolute atomic E-state index is 0.00840. The smallest absolute Gasteiger partial charge is 0.338 e. The van der Waals surface area contributed by atoms with Crippen LogP contribution in [0.4, 0.5) is 0 Å². The van der Waals surface area contributed by atoms with Crippen LogP contribution in [0.5, 0.6) is 0 Å². The van der Waals surface area contributed by atoms with Gasteiger partial charge in [0.05, 0.1) is 24.4 Å². The number of halogens is 1. The maximum absolute atomic E-state index is 12.8. The van der Waals surface area contributed by atoms with Crippen LogP contribution < -0.4 is 0 Å². The lowest BCUT2D eigenvalue weighted by Crippen LogP contribution is -2.53. The lowest BCUT2D eigenvalue weighted by Gasteiger charge is -2.57. The van der Waals surface area contributed by atoms with Gasteiger partial charge in [-0.1, -0.05) is 41.4 Å². The zero-order chi connectivity index (χ0) is 25.2. The maximum Gasteiger partial charge on any atom is 0.338 e. The van der Waals surface area contributed by atoms with E-state index in [1.165, 1.54) is 12.7 Å². The Bertz CT molecular complexity index is 1090. The highest BCUT2D eigenvalue weighted by atomic mass is 79.9. The number of carbonyl (C=O) groups excluding carboxylic acids is 2. The van der Waals surface area contributed by atoms with Crippen molar-refractivity contribution < 1.29 is 23.5 Å². The Morgan fingerprint density at radius 2 is 1.91 bits per heavy atom. The second-order valence-corrected chi connectivity index (χ2v) is 11.5. The van der Waals surface area contributed by atoms with Gasteiger partial charge in [-0.15, -0.1) is 0 Å². The molecule has 2 saturated carbocycles. The molecule has 0 N–H and O–H groups in total. The number of rotatable bonds is 7. The third-order valence-electron chi connectivity index (χ3n) is 8.63. The van der Waals surface area contributed by atoms with Gasteiger partial charge in [0.1, 0.15) is 12.4 Å². The highest BCUT2D eigenvalue weighted by Gasteiger charge is 2.57. The van der Waals surface area contributed by atoms with Crippen molar-refractivity contribution in [3.05, 3.63) is 70.1 Å². The molecule has 1 aromatic heterocycles. The van der Waals surface area contributed by atoms with Crippen LogP contribution in [0.25, 0.3) is 0 Å². The van der Waals surface area contributed by atoms with Crippen molar-refractivity contribution in [2.75, 3.05) is 7.11 Å². The van der Waals surface area contributed by atoms with E-state index in [9.17, 15) is 9.59 Å². The quantitative estimate of drug-likeness (QED) is 0.271. The third kappa shape index (κ3) is 5.00. The Labute approximate surface area is 216 Å². The zero-order valence-electron chi connectivity index (χ0n) is 20.9. The summed E-state index contributed by atoms with van der Waals surface area (Å²) >= 11 is 3.37. The van der Waals surface area contributed by atoms with Crippen LogP contribution >= 0.6 is 15.9 Å². The molecule has 4 atom stereocenters. The summed E-state index contributed by atoms with van der Waals surface area (Å²) in [4.78, 5) is 25.2. The van der Waals surface area contributed by atoms with Crippen LogP contribution in [0.15, 0.2) is 57.6 Å². The van der Waals surface area contributed by atoms with Gasteiger partial charge in [0.2, 0.25) is 0 Å². The van der Waals surface area contributed by atoms with Crippen molar-refractivity contribution in [2.24, 2.45) is 22.7 Å². The molecule has 5 nitrogen and oxygen atoms in total. The summed E-state index contributed by atoms with van der Waals surface area (Å²) in [6, 6.07) is 9.06. The number of carbonyl (C=O) groups is 2. The van der Waals surface area contributed by atoms with Gasteiger partial charge in [0, 0.05) is 4.47 Å². The molecule has 1 heterocycles. The standard InChI is InChI=1S/C29H35BrO5/c1-19-6-13-25-28(2,15-5-16-29(25,3)27(32)33-4)23(19)12-9-20-14-17-34-24(20)18-35-26(31)21-7-10-22(30)11-8-21/h7-8,10-11,14,17,23,25H,1,5-6,9,12-13,15-16,18H2,2-4H3/t23-,25?,28+,29-/m0/s1. The summed E-state index contributed by atoms with van der Waals surface area (Å²) in [5.74, 6) is 0.826. The molecule has 0 bridgehead atoms. The Morgan fingerprint density at radius 3 is 2.63 bits per heavy atom. The number of fused-ring (bicyclic) bond motifs is 1. The molecule has 1 unspecified atom stereocenters. The number of benzene rings is 1. The molecule has 2 fully saturated rings. The van der Waals surface area contributed by atoms with Crippen molar-refractivity contribution in [3.63, 3.8) is 0 Å². The molecular weight excluding hydrogens is 508 g/mol. The van der Waals surface area contributed by atoms with Gasteiger partial charge in [0.25, 0.3) is 0 Å². The zero-order valence-corrected chi connectivity index (χ0v) is 22.5. The molecular formula is C29H35BrO5. The van der Waals surface area contributed by atoms with Crippen LogP contribution in [0, 0.1) is 22.7 Å². The van der Waals surface area contributed by atoms with E-state index in [1.807, 2.05) is 18.2 Å². The number of hydrogen-bond donors (Lipinski definition) is 0. The second kappa shape index (κ2) is 10.3. The summed E-state index contributed by atoms with van der Waals surface area (Å²) in [6.07, 6.45) is 8.32. The van der Waals surface area contributed by atoms with E-state index < -0.39 is 5.41 Å². The lowest BCUT2D eigenvalue weighted by molar-refractivity contribution is -0.168. The van der Waals surface area contributed by atoms with Gasteiger partial charge in [-0.05, 0) is 98.6 Å². The predicted octanol–water partition coefficient (Wildman–Crippen LogP) is 7.28. The van der Waals surface area contributed by atoms with E-state index in [-0.39, 0.29) is 29.9 Å². The highest BCUT2D eigenvalue weighted by Crippen LogP contribution is 2.62. The fraction of sp³-hybridized carbons (Fsp3) is 0.517. The third-order valence-corrected chi connectivity index (χ3v) is 9.15. The Morgan fingerprint density at radius 1 is 1.17 bits per heavy atom. The summed E-state index contributed by atoms with van der Waals surface area (Å²) in [5, 5.41) is 0. The molecule has 2 aromatic rings. The van der Waals surface area contributed by atoms with E-state index in [0.717, 1.165) is 55.0 Å². The Balaban J connectivity index is 1.44. The summed E-state index contributed by atoms with van der Waals surface area (Å²) in [7, 11) is 1.50. The van der Waals surface area contributed by atoms with Crippen molar-refractivity contribution in [2.45, 2.75) is 65.4 Å². The van der Waals surface area contributed by atoms with Gasteiger partial charge < -0.3 is 13.9 Å². The number of aryl methyl sites for hydroxylation is 1. The van der Waals surface area contributed by atoms with Crippen LogP contribution in [-0.2, 0) is 27.3 Å². The normalized spacial score (nSPS) is 28.3. The summed E-state index contributed by atoms with van der Waals surface area (Å²) in [6.45, 7) is 9.00. The molecule has 4 rings (SSSR count). The maximum atomic E-state index is 12.8. The molecule has 1 aromatic carbocycles. The van der Waals surface area contributed by atoms with E-state index in [4.69, 9.17) is 13.9 Å². The summed E-state index contributed by atoms with van der Waals surface area (Å²) in [5.41, 5.74) is 2.41. The topological polar surface area (TPSA) is 65.7 Å². The van der Waals surface area contributed by atoms with E-state index in [2.05, 4.69) is 36.4 Å². The molecule has 0 radical (unpaired) electrons. The SMILES string of the molecule is C=C1CCC2[C@](C)(CCC[C@]2(C)C(=O)OC)[C@H]1CCc1ccoc1COC(=O)c1ccc(Br)cc1. The number of esters is 2. The van der Waals surface area contributed by atoms with Crippen LogP contribution in [0.2, 0.25) is 0 Å². The number of allylic oxidation sites excluding steroid dienone is 1. The molecule has 0 saturated heterocycles. The van der Waals surface area contributed by atoms with Crippen molar-refractivity contribution in [1.29, 1.82) is 0 Å². The van der Waals surface area contributed by atoms with E-state index >= 15 is 0 Å². The van der Waals surface area contributed by atoms with Gasteiger partial charge in [0.15, 0.2) is 0 Å². The van der Waals surface area contributed by atoms with Gasteiger partial charge >= 0.3 is 11.9 Å². The average molecular weight is 543 g/mol. The first kappa shape index (κ1) is 25.7.